The van der Waals surface area contributed by atoms with Crippen molar-refractivity contribution < 1.29 is 18.9 Å². The van der Waals surface area contributed by atoms with Crippen LogP contribution in [0.25, 0.3) is 10.1 Å². The Kier molecular flexibility index (Phi) is 6.27. The second-order valence-corrected chi connectivity index (χ2v) is 14.0. The molecule has 4 aliphatic rings. The highest BCUT2D eigenvalue weighted by Crippen LogP contribution is 2.70. The number of likely N-dealkylation sites (tertiary alicyclic amines) is 1. The number of nitrogens with zero attached hydrogens (tertiary/aromatic N) is 1. The topological polar surface area (TPSA) is 40.2 Å². The van der Waals surface area contributed by atoms with Gasteiger partial charge in [0.1, 0.15) is 6.10 Å². The fourth-order valence-electron chi connectivity index (χ4n) is 9.23. The first-order valence-corrected chi connectivity index (χ1v) is 15.4. The summed E-state index contributed by atoms with van der Waals surface area (Å²) in [5.41, 5.74) is 3.05. The Morgan fingerprint density at radius 1 is 1.10 bits per heavy atom. The molecule has 0 amide bonds. The van der Waals surface area contributed by atoms with Gasteiger partial charge in [0.25, 0.3) is 0 Å². The Labute approximate surface area is 236 Å². The molecule has 0 N–H and O–H groups in total. The lowest BCUT2D eigenvalue weighted by molar-refractivity contribution is -0.152. The van der Waals surface area contributed by atoms with Gasteiger partial charge in [0.05, 0.1) is 26.9 Å². The minimum absolute atomic E-state index is 0.00543. The molecular weight excluding hydrogens is 506 g/mol. The maximum Gasteiger partial charge on any atom is 0.165 e. The highest BCUT2D eigenvalue weighted by molar-refractivity contribution is 7.19. The van der Waals surface area contributed by atoms with E-state index in [4.69, 9.17) is 18.9 Å². The quantitative estimate of drug-likeness (QED) is 0.333. The minimum atomic E-state index is -0.0647. The Hall–Kier alpha value is -2.12. The van der Waals surface area contributed by atoms with Crippen LogP contribution in [0.4, 0.5) is 0 Å². The van der Waals surface area contributed by atoms with Gasteiger partial charge in [-0.1, -0.05) is 37.6 Å². The SMILES string of the molecule is COC[C@@H]1Oc2c(OC)ccc3c2[C@@]12CCN(C)[C@H](C3)[C@]21CCC[C@@](C)(COCc2cc3ccccc3s2)C1. The number of hydrogen-bond donors (Lipinski definition) is 0. The number of thiophene rings is 1. The smallest absolute Gasteiger partial charge is 0.165 e. The molecule has 0 radical (unpaired) electrons. The molecule has 1 aromatic heterocycles. The van der Waals surface area contributed by atoms with Gasteiger partial charge < -0.3 is 23.8 Å². The van der Waals surface area contributed by atoms with E-state index in [2.05, 4.69) is 61.3 Å². The Balaban J connectivity index is 1.24. The van der Waals surface area contributed by atoms with Crippen LogP contribution in [0.1, 0.15) is 55.0 Å². The van der Waals surface area contributed by atoms with E-state index in [1.54, 1.807) is 7.11 Å². The van der Waals surface area contributed by atoms with Crippen molar-refractivity contribution in [2.45, 2.75) is 69.6 Å². The van der Waals surface area contributed by atoms with Gasteiger partial charge in [-0.25, -0.2) is 0 Å². The molecule has 3 heterocycles. The molecule has 2 aliphatic carbocycles. The number of ether oxygens (including phenoxy) is 4. The van der Waals surface area contributed by atoms with Crippen LogP contribution in [-0.2, 0) is 27.9 Å². The van der Waals surface area contributed by atoms with Crippen molar-refractivity contribution in [2.75, 3.05) is 41.0 Å². The van der Waals surface area contributed by atoms with Crippen molar-refractivity contribution >= 4 is 21.4 Å². The molecular formula is C33H41NO4S. The maximum absolute atomic E-state index is 6.87. The van der Waals surface area contributed by atoms with Gasteiger partial charge in [-0.05, 0) is 80.3 Å². The molecule has 2 spiro atoms. The Bertz CT molecular complexity index is 1350. The van der Waals surface area contributed by atoms with Crippen LogP contribution in [0.15, 0.2) is 42.5 Å². The molecule has 1 saturated carbocycles. The molecule has 2 bridgehead atoms. The minimum Gasteiger partial charge on any atom is -0.493 e. The van der Waals surface area contributed by atoms with E-state index in [0.717, 1.165) is 43.9 Å². The predicted molar refractivity (Wildman–Crippen MR) is 156 cm³/mol. The summed E-state index contributed by atoms with van der Waals surface area (Å²) in [7, 11) is 5.93. The van der Waals surface area contributed by atoms with Crippen molar-refractivity contribution in [3.63, 3.8) is 0 Å². The Morgan fingerprint density at radius 2 is 1.97 bits per heavy atom. The lowest BCUT2D eigenvalue weighted by Crippen LogP contribution is -2.71. The molecule has 6 heteroatoms. The fraction of sp³-hybridized carbons (Fsp3) is 0.576. The third-order valence-corrected chi connectivity index (χ3v) is 11.7. The van der Waals surface area contributed by atoms with Gasteiger partial charge >= 0.3 is 0 Å². The third-order valence-electron chi connectivity index (χ3n) is 10.6. The summed E-state index contributed by atoms with van der Waals surface area (Å²) in [4.78, 5) is 3.97. The van der Waals surface area contributed by atoms with E-state index in [1.165, 1.54) is 45.4 Å². The molecule has 1 saturated heterocycles. The number of hydrogen-bond acceptors (Lipinski definition) is 6. The number of methoxy groups -OCH3 is 2. The first-order valence-electron chi connectivity index (χ1n) is 14.5. The monoisotopic (exact) mass is 547 g/mol. The average Bonchev–Trinajstić information content (AvgIpc) is 3.48. The molecule has 5 nitrogen and oxygen atoms in total. The molecule has 208 valence electrons. The molecule has 5 atom stereocenters. The van der Waals surface area contributed by atoms with Crippen LogP contribution in [-0.4, -0.2) is 58.1 Å². The number of rotatable bonds is 7. The van der Waals surface area contributed by atoms with Gasteiger partial charge in [0.15, 0.2) is 11.5 Å². The van der Waals surface area contributed by atoms with Crippen LogP contribution in [0.2, 0.25) is 0 Å². The normalized spacial score (nSPS) is 33.3. The van der Waals surface area contributed by atoms with Crippen molar-refractivity contribution in [1.29, 1.82) is 0 Å². The van der Waals surface area contributed by atoms with E-state index in [1.807, 2.05) is 18.4 Å². The average molecular weight is 548 g/mol. The summed E-state index contributed by atoms with van der Waals surface area (Å²) >= 11 is 1.86. The van der Waals surface area contributed by atoms with Gasteiger partial charge in [-0.2, -0.15) is 0 Å². The molecule has 39 heavy (non-hydrogen) atoms. The zero-order valence-electron chi connectivity index (χ0n) is 23.8. The third kappa shape index (κ3) is 3.74. The molecule has 0 unspecified atom stereocenters. The summed E-state index contributed by atoms with van der Waals surface area (Å²) in [6.45, 7) is 5.66. The predicted octanol–water partition coefficient (Wildman–Crippen LogP) is 6.60. The number of piperidine rings is 1. The van der Waals surface area contributed by atoms with E-state index in [9.17, 15) is 0 Å². The molecule has 7 rings (SSSR count). The van der Waals surface area contributed by atoms with Gasteiger partial charge in [0, 0.05) is 39.1 Å². The zero-order chi connectivity index (χ0) is 26.8. The standard InChI is InChI=1S/C33H41NO4S/c1-31(21-37-18-24-16-22-8-5-6-9-26(22)39-24)12-7-13-32(20-31)27-17-23-10-11-25(36-4)30-29(23)33(32,14-15-34(27)2)28(38-30)19-35-3/h5-6,8-11,16,27-28H,7,12-15,17-21H2,1-4H3/t27-,28+,31-,32-,33-/m1/s1. The highest BCUT2D eigenvalue weighted by atomic mass is 32.1. The maximum atomic E-state index is 6.87. The fourth-order valence-corrected chi connectivity index (χ4v) is 10.2. The second-order valence-electron chi connectivity index (χ2n) is 12.9. The summed E-state index contributed by atoms with van der Waals surface area (Å²) in [6.07, 6.45) is 7.00. The first-order chi connectivity index (χ1) is 18.9. The summed E-state index contributed by atoms with van der Waals surface area (Å²) in [5.74, 6) is 1.84. The Morgan fingerprint density at radius 3 is 2.79 bits per heavy atom. The van der Waals surface area contributed by atoms with Crippen molar-refractivity contribution in [3.8, 4) is 11.5 Å². The second kappa shape index (κ2) is 9.47. The number of benzene rings is 2. The van der Waals surface area contributed by atoms with Crippen LogP contribution in [0.5, 0.6) is 11.5 Å². The summed E-state index contributed by atoms with van der Waals surface area (Å²) in [6, 6.07) is 15.8. The summed E-state index contributed by atoms with van der Waals surface area (Å²) < 4.78 is 26.5. The van der Waals surface area contributed by atoms with E-state index in [-0.39, 0.29) is 22.3 Å². The lowest BCUT2D eigenvalue weighted by Gasteiger charge is -2.66. The molecule has 2 aromatic carbocycles. The molecule has 2 aliphatic heterocycles. The molecule has 2 fully saturated rings. The summed E-state index contributed by atoms with van der Waals surface area (Å²) in [5, 5.41) is 1.32. The van der Waals surface area contributed by atoms with E-state index >= 15 is 0 Å². The van der Waals surface area contributed by atoms with E-state index < -0.39 is 0 Å². The van der Waals surface area contributed by atoms with Gasteiger partial charge in [-0.15, -0.1) is 11.3 Å². The highest BCUT2D eigenvalue weighted by Gasteiger charge is 2.71. The van der Waals surface area contributed by atoms with Crippen LogP contribution < -0.4 is 9.47 Å². The van der Waals surface area contributed by atoms with Crippen LogP contribution in [0, 0.1) is 10.8 Å². The van der Waals surface area contributed by atoms with Crippen molar-refractivity contribution in [2.24, 2.45) is 10.8 Å². The van der Waals surface area contributed by atoms with Crippen molar-refractivity contribution in [1.82, 2.24) is 4.90 Å². The number of fused-ring (bicyclic) bond motifs is 1. The first kappa shape index (κ1) is 25.8. The lowest BCUT2D eigenvalue weighted by atomic mass is 9.41. The largest absolute Gasteiger partial charge is 0.493 e. The number of likely N-dealkylation sites (N-methyl/N-ethyl adjacent to an activating group) is 1. The van der Waals surface area contributed by atoms with Gasteiger partial charge in [-0.3, -0.25) is 0 Å². The van der Waals surface area contributed by atoms with Crippen LogP contribution in [0.3, 0.4) is 0 Å². The van der Waals surface area contributed by atoms with E-state index in [0.29, 0.717) is 19.3 Å². The van der Waals surface area contributed by atoms with Gasteiger partial charge in [0.2, 0.25) is 0 Å². The van der Waals surface area contributed by atoms with Crippen LogP contribution >= 0.6 is 11.3 Å². The molecule has 3 aromatic rings. The zero-order valence-corrected chi connectivity index (χ0v) is 24.6. The van der Waals surface area contributed by atoms with Crippen molar-refractivity contribution in [3.05, 3.63) is 58.5 Å².